The molecule has 1 aromatic heterocycles. The number of hydrogen-bond donors (Lipinski definition) is 0. The molecule has 0 unspecified atom stereocenters. The van der Waals surface area contributed by atoms with Gasteiger partial charge in [0.1, 0.15) is 11.6 Å². The average Bonchev–Trinajstić information content (AvgIpc) is 3.52. The van der Waals surface area contributed by atoms with E-state index in [9.17, 15) is 9.18 Å². The molecule has 0 N–H and O–H groups in total. The van der Waals surface area contributed by atoms with Gasteiger partial charge in [-0.15, -0.1) is 12.4 Å². The maximum atomic E-state index is 13.2. The Kier molecular flexibility index (Phi) is 7.72. The molecule has 2 fully saturated rings. The molecule has 0 amide bonds. The zero-order valence-electron chi connectivity index (χ0n) is 17.2. The molecule has 162 valence electrons. The van der Waals surface area contributed by atoms with Crippen LogP contribution in [0.2, 0.25) is 5.02 Å². The third-order valence-corrected chi connectivity index (χ3v) is 6.36. The van der Waals surface area contributed by atoms with Gasteiger partial charge >= 0.3 is 0 Å². The highest BCUT2D eigenvalue weighted by molar-refractivity contribution is 6.34. The van der Waals surface area contributed by atoms with Crippen LogP contribution in [0.4, 0.5) is 10.2 Å². The second kappa shape index (κ2) is 10.1. The molecule has 1 aliphatic carbocycles. The van der Waals surface area contributed by atoms with Crippen LogP contribution in [0, 0.1) is 11.7 Å². The van der Waals surface area contributed by atoms with E-state index in [1.54, 1.807) is 0 Å². The van der Waals surface area contributed by atoms with Crippen molar-refractivity contribution < 1.29 is 9.18 Å². The Morgan fingerprint density at radius 2 is 1.93 bits per heavy atom. The van der Waals surface area contributed by atoms with Crippen molar-refractivity contribution in [3.63, 3.8) is 0 Å². The third-order valence-electron chi connectivity index (χ3n) is 6.04. The van der Waals surface area contributed by atoms with E-state index in [-0.39, 0.29) is 29.6 Å². The number of ketones is 1. The summed E-state index contributed by atoms with van der Waals surface area (Å²) >= 11 is 6.03. The van der Waals surface area contributed by atoms with Crippen molar-refractivity contribution in [2.45, 2.75) is 38.1 Å². The first-order chi connectivity index (χ1) is 14.0. The molecular weight excluding hydrogens is 424 g/mol. The van der Waals surface area contributed by atoms with Crippen molar-refractivity contribution in [3.05, 3.63) is 58.5 Å². The van der Waals surface area contributed by atoms with Gasteiger partial charge in [-0.05, 0) is 61.9 Å². The van der Waals surface area contributed by atoms with Crippen LogP contribution in [0.5, 0.6) is 0 Å². The Balaban J connectivity index is 0.00000256. The molecule has 4 rings (SSSR count). The minimum Gasteiger partial charge on any atom is -0.357 e. The highest BCUT2D eigenvalue weighted by Gasteiger charge is 2.28. The zero-order chi connectivity index (χ0) is 20.4. The molecule has 7 heteroatoms. The largest absolute Gasteiger partial charge is 0.357 e. The van der Waals surface area contributed by atoms with Gasteiger partial charge < -0.3 is 9.80 Å². The Morgan fingerprint density at radius 1 is 1.20 bits per heavy atom. The molecular formula is C23H28Cl2FN3O. The lowest BCUT2D eigenvalue weighted by Crippen LogP contribution is -2.44. The summed E-state index contributed by atoms with van der Waals surface area (Å²) in [4.78, 5) is 22.1. The predicted molar refractivity (Wildman–Crippen MR) is 122 cm³/mol. The fraction of sp³-hybridized carbons (Fsp3) is 0.478. The van der Waals surface area contributed by atoms with Crippen molar-refractivity contribution in [2.75, 3.05) is 31.6 Å². The number of rotatable bonds is 7. The van der Waals surface area contributed by atoms with E-state index in [4.69, 9.17) is 16.6 Å². The Bertz CT molecular complexity index is 883. The Morgan fingerprint density at radius 3 is 2.60 bits per heavy atom. The number of nitrogens with zero attached hydrogens (tertiary/aromatic N) is 3. The summed E-state index contributed by atoms with van der Waals surface area (Å²) in [6, 6.07) is 10.1. The molecule has 1 saturated heterocycles. The van der Waals surface area contributed by atoms with Gasteiger partial charge in [0.15, 0.2) is 5.78 Å². The number of carbonyl (C=O) groups excluding carboxylic acids is 1. The topological polar surface area (TPSA) is 36.4 Å². The lowest BCUT2D eigenvalue weighted by molar-refractivity contribution is 0.0992. The van der Waals surface area contributed by atoms with Crippen LogP contribution in [-0.2, 0) is 6.42 Å². The van der Waals surface area contributed by atoms with Crippen LogP contribution in [0.1, 0.15) is 41.7 Å². The average molecular weight is 452 g/mol. The summed E-state index contributed by atoms with van der Waals surface area (Å²) in [5, 5.41) is 0.140. The van der Waals surface area contributed by atoms with E-state index < -0.39 is 5.82 Å². The van der Waals surface area contributed by atoms with Crippen LogP contribution in [0.25, 0.3) is 0 Å². The summed E-state index contributed by atoms with van der Waals surface area (Å²) in [5.74, 6) is 1.23. The van der Waals surface area contributed by atoms with Crippen LogP contribution in [-0.4, -0.2) is 48.4 Å². The summed E-state index contributed by atoms with van der Waals surface area (Å²) in [5.41, 5.74) is 1.03. The number of halogens is 3. The maximum absolute atomic E-state index is 13.2. The number of pyridine rings is 1. The molecule has 0 radical (unpaired) electrons. The highest BCUT2D eigenvalue weighted by Crippen LogP contribution is 2.31. The maximum Gasteiger partial charge on any atom is 0.170 e. The van der Waals surface area contributed by atoms with Gasteiger partial charge in [0.2, 0.25) is 0 Å². The van der Waals surface area contributed by atoms with Gasteiger partial charge in [-0.25, -0.2) is 9.37 Å². The number of hydrogen-bond acceptors (Lipinski definition) is 4. The molecule has 2 aliphatic rings. The second-order valence-electron chi connectivity index (χ2n) is 8.30. The van der Waals surface area contributed by atoms with Gasteiger partial charge in [0, 0.05) is 38.3 Å². The predicted octanol–water partition coefficient (Wildman–Crippen LogP) is 5.03. The number of aromatic nitrogens is 1. The summed E-state index contributed by atoms with van der Waals surface area (Å²) in [6.45, 7) is 3.55. The van der Waals surface area contributed by atoms with Gasteiger partial charge in [0.05, 0.1) is 17.1 Å². The van der Waals surface area contributed by atoms with Crippen molar-refractivity contribution in [3.8, 4) is 0 Å². The van der Waals surface area contributed by atoms with E-state index in [1.807, 2.05) is 18.2 Å². The molecule has 1 aromatic carbocycles. The fourth-order valence-electron chi connectivity index (χ4n) is 4.08. The highest BCUT2D eigenvalue weighted by atomic mass is 35.5. The smallest absolute Gasteiger partial charge is 0.170 e. The number of carbonyl (C=O) groups is 1. The van der Waals surface area contributed by atoms with E-state index in [1.165, 1.54) is 37.6 Å². The lowest BCUT2D eigenvalue weighted by atomic mass is 10.0. The molecule has 0 spiro atoms. The molecule has 2 heterocycles. The van der Waals surface area contributed by atoms with Gasteiger partial charge in [-0.3, -0.25) is 4.79 Å². The molecule has 30 heavy (non-hydrogen) atoms. The Labute approximate surface area is 188 Å². The first kappa shape index (κ1) is 23.0. The van der Waals surface area contributed by atoms with E-state index in [0.717, 1.165) is 37.7 Å². The number of Topliss-reactive ketones (excluding diaryl/α,β-unsaturated/α-hetero) is 1. The molecule has 0 atom stereocenters. The SMILES string of the molecule is CN(c1cccc(CC(=O)c2ccc(F)cc2Cl)n1)C1CCN(CC2CC2)CC1.Cl. The number of anilines is 1. The van der Waals surface area contributed by atoms with Crippen molar-refractivity contribution in [2.24, 2.45) is 5.92 Å². The lowest BCUT2D eigenvalue weighted by Gasteiger charge is -2.37. The zero-order valence-corrected chi connectivity index (χ0v) is 18.8. The summed E-state index contributed by atoms with van der Waals surface area (Å²) in [6.07, 6.45) is 5.22. The monoisotopic (exact) mass is 451 g/mol. The molecule has 1 saturated carbocycles. The van der Waals surface area contributed by atoms with Crippen LogP contribution >= 0.6 is 24.0 Å². The quantitative estimate of drug-likeness (QED) is 0.552. The first-order valence-corrected chi connectivity index (χ1v) is 10.8. The minimum absolute atomic E-state index is 0. The fourth-order valence-corrected chi connectivity index (χ4v) is 4.35. The van der Waals surface area contributed by atoms with Crippen LogP contribution in [0.3, 0.4) is 0 Å². The third kappa shape index (κ3) is 5.71. The van der Waals surface area contributed by atoms with Crippen LogP contribution in [0.15, 0.2) is 36.4 Å². The molecule has 2 aromatic rings. The van der Waals surface area contributed by atoms with Gasteiger partial charge in [0.25, 0.3) is 0 Å². The number of likely N-dealkylation sites (tertiary alicyclic amines) is 1. The molecule has 0 bridgehead atoms. The minimum atomic E-state index is -0.448. The standard InChI is InChI=1S/C23H27ClFN3O.ClH/c1-27(19-9-11-28(12-10-19)15-16-5-6-16)23-4-2-3-18(26-23)14-22(29)20-8-7-17(25)13-21(20)24;/h2-4,7-8,13,16,19H,5-6,9-12,14-15H2,1H3;1H. The van der Waals surface area contributed by atoms with Crippen molar-refractivity contribution in [1.82, 2.24) is 9.88 Å². The van der Waals surface area contributed by atoms with Crippen LogP contribution < -0.4 is 4.90 Å². The second-order valence-corrected chi connectivity index (χ2v) is 8.70. The molecule has 4 nitrogen and oxygen atoms in total. The number of benzene rings is 1. The first-order valence-electron chi connectivity index (χ1n) is 10.4. The normalized spacial score (nSPS) is 17.4. The number of piperidine rings is 1. The summed E-state index contributed by atoms with van der Waals surface area (Å²) < 4.78 is 13.2. The van der Waals surface area contributed by atoms with E-state index in [0.29, 0.717) is 17.3 Å². The van der Waals surface area contributed by atoms with E-state index >= 15 is 0 Å². The van der Waals surface area contributed by atoms with Crippen molar-refractivity contribution >= 4 is 35.6 Å². The summed E-state index contributed by atoms with van der Waals surface area (Å²) in [7, 11) is 2.09. The van der Waals surface area contributed by atoms with Gasteiger partial charge in [-0.1, -0.05) is 17.7 Å². The van der Waals surface area contributed by atoms with E-state index in [2.05, 4.69) is 16.8 Å². The Hall–Kier alpha value is -1.69. The molecule has 1 aliphatic heterocycles. The van der Waals surface area contributed by atoms with Crippen molar-refractivity contribution in [1.29, 1.82) is 0 Å². The van der Waals surface area contributed by atoms with Gasteiger partial charge in [-0.2, -0.15) is 0 Å².